The topological polar surface area (TPSA) is 35.2 Å². The zero-order chi connectivity index (χ0) is 19.1. The summed E-state index contributed by atoms with van der Waals surface area (Å²) in [6.07, 6.45) is 4.56. The molecule has 3 heterocycles. The molecular formula is C23H27ClN4S. The highest BCUT2D eigenvalue weighted by Crippen LogP contribution is 2.49. The first-order valence-electron chi connectivity index (χ1n) is 10.1. The minimum absolute atomic E-state index is 0. The molecule has 1 fully saturated rings. The van der Waals surface area contributed by atoms with Crippen molar-refractivity contribution in [2.75, 3.05) is 24.5 Å². The van der Waals surface area contributed by atoms with Gasteiger partial charge in [-0.2, -0.15) is 0 Å². The summed E-state index contributed by atoms with van der Waals surface area (Å²) in [5, 5.41) is 0. The molecule has 0 aliphatic carbocycles. The lowest BCUT2D eigenvalue weighted by Gasteiger charge is -2.39. The van der Waals surface area contributed by atoms with Gasteiger partial charge < -0.3 is 14.8 Å². The number of hydrogen-bond donors (Lipinski definition) is 1. The Hall–Kier alpha value is -1.95. The summed E-state index contributed by atoms with van der Waals surface area (Å²) >= 11 is 1.87. The maximum absolute atomic E-state index is 4.54. The molecule has 6 heteroatoms. The number of aryl methyl sites for hydroxylation is 1. The number of aromatic amines is 1. The van der Waals surface area contributed by atoms with E-state index in [1.165, 1.54) is 47.1 Å². The Labute approximate surface area is 183 Å². The highest BCUT2D eigenvalue weighted by molar-refractivity contribution is 7.99. The first-order valence-corrected chi connectivity index (χ1v) is 11.0. The van der Waals surface area contributed by atoms with Crippen LogP contribution in [0.1, 0.15) is 25.5 Å². The van der Waals surface area contributed by atoms with Gasteiger partial charge in [-0.25, -0.2) is 4.98 Å². The standard InChI is InChI=1S/C23H26N4S.ClH/c1-16-14-24-23(25-16)18-9-10-22-20(13-18)27(17(2)15-26-11-5-6-12-26)19-7-3-4-8-21(19)28-22;/h3-4,7-10,13-14,17H,5-6,11-12,15H2,1-2H3,(H,24,25);1H/t17-;/m1./s1. The van der Waals surface area contributed by atoms with Gasteiger partial charge in [-0.1, -0.05) is 23.9 Å². The van der Waals surface area contributed by atoms with E-state index < -0.39 is 0 Å². The Balaban J connectivity index is 0.00000205. The first kappa shape index (κ1) is 20.3. The van der Waals surface area contributed by atoms with E-state index in [0.717, 1.165) is 23.6 Å². The van der Waals surface area contributed by atoms with E-state index in [1.807, 2.05) is 24.9 Å². The van der Waals surface area contributed by atoms with E-state index in [4.69, 9.17) is 0 Å². The van der Waals surface area contributed by atoms with Crippen LogP contribution in [0.3, 0.4) is 0 Å². The maximum Gasteiger partial charge on any atom is 0.137 e. The molecule has 0 bridgehead atoms. The molecule has 1 aromatic heterocycles. The molecule has 0 spiro atoms. The van der Waals surface area contributed by atoms with Crippen LogP contribution in [0.2, 0.25) is 0 Å². The molecule has 2 aliphatic heterocycles. The van der Waals surface area contributed by atoms with Gasteiger partial charge in [0.2, 0.25) is 0 Å². The fraction of sp³-hybridized carbons (Fsp3) is 0.348. The van der Waals surface area contributed by atoms with E-state index in [1.54, 1.807) is 0 Å². The first-order chi connectivity index (χ1) is 13.7. The molecule has 3 aromatic rings. The maximum atomic E-state index is 4.54. The molecule has 5 rings (SSSR count). The third kappa shape index (κ3) is 3.91. The summed E-state index contributed by atoms with van der Waals surface area (Å²) in [7, 11) is 0. The van der Waals surface area contributed by atoms with E-state index in [0.29, 0.717) is 6.04 Å². The number of halogens is 1. The molecule has 2 aliphatic rings. The number of H-pyrrole nitrogens is 1. The third-order valence-electron chi connectivity index (χ3n) is 5.70. The summed E-state index contributed by atoms with van der Waals surface area (Å²) in [6, 6.07) is 15.9. The van der Waals surface area contributed by atoms with Crippen LogP contribution in [-0.2, 0) is 0 Å². The number of aromatic nitrogens is 2. The van der Waals surface area contributed by atoms with Gasteiger partial charge in [-0.3, -0.25) is 0 Å². The lowest BCUT2D eigenvalue weighted by molar-refractivity contribution is 0.319. The molecule has 1 atom stereocenters. The van der Waals surface area contributed by atoms with Gasteiger partial charge in [-0.05, 0) is 70.1 Å². The molecule has 0 saturated carbocycles. The summed E-state index contributed by atoms with van der Waals surface area (Å²) in [5.41, 5.74) is 4.85. The molecule has 29 heavy (non-hydrogen) atoms. The summed E-state index contributed by atoms with van der Waals surface area (Å²) in [6.45, 7) is 7.97. The van der Waals surface area contributed by atoms with Crippen LogP contribution in [-0.4, -0.2) is 40.5 Å². The zero-order valence-corrected chi connectivity index (χ0v) is 18.5. The van der Waals surface area contributed by atoms with Crippen LogP contribution in [0.4, 0.5) is 11.4 Å². The van der Waals surface area contributed by atoms with E-state index in [9.17, 15) is 0 Å². The number of imidazole rings is 1. The number of anilines is 2. The van der Waals surface area contributed by atoms with Gasteiger partial charge in [0, 0.05) is 39.8 Å². The molecule has 1 N–H and O–H groups in total. The Bertz CT molecular complexity index is 996. The fourth-order valence-electron chi connectivity index (χ4n) is 4.38. The number of likely N-dealkylation sites (tertiary alicyclic amines) is 1. The van der Waals surface area contributed by atoms with Crippen molar-refractivity contribution >= 4 is 35.5 Å². The van der Waals surface area contributed by atoms with Gasteiger partial charge in [0.25, 0.3) is 0 Å². The van der Waals surface area contributed by atoms with Crippen LogP contribution in [0.15, 0.2) is 58.5 Å². The fourth-order valence-corrected chi connectivity index (χ4v) is 5.44. The molecule has 152 valence electrons. The van der Waals surface area contributed by atoms with Gasteiger partial charge in [-0.15, -0.1) is 12.4 Å². The quantitative estimate of drug-likeness (QED) is 0.563. The normalized spacial score (nSPS) is 16.8. The summed E-state index contributed by atoms with van der Waals surface area (Å²) < 4.78 is 0. The average Bonchev–Trinajstić information content (AvgIpc) is 3.37. The molecule has 4 nitrogen and oxygen atoms in total. The second kappa shape index (κ2) is 8.42. The van der Waals surface area contributed by atoms with Gasteiger partial charge >= 0.3 is 0 Å². The van der Waals surface area contributed by atoms with Crippen LogP contribution >= 0.6 is 24.2 Å². The second-order valence-corrected chi connectivity index (χ2v) is 8.98. The molecule has 2 aromatic carbocycles. The molecule has 0 unspecified atom stereocenters. The number of hydrogen-bond acceptors (Lipinski definition) is 4. The predicted molar refractivity (Wildman–Crippen MR) is 124 cm³/mol. The molecule has 1 saturated heterocycles. The van der Waals surface area contributed by atoms with Gasteiger partial charge in [0.15, 0.2) is 0 Å². The Morgan fingerprint density at radius 2 is 1.83 bits per heavy atom. The Morgan fingerprint density at radius 1 is 1.07 bits per heavy atom. The van der Waals surface area contributed by atoms with Crippen molar-refractivity contribution in [2.45, 2.75) is 42.5 Å². The Kier molecular flexibility index (Phi) is 5.91. The minimum atomic E-state index is 0. The van der Waals surface area contributed by atoms with Crippen molar-refractivity contribution in [3.63, 3.8) is 0 Å². The van der Waals surface area contributed by atoms with Crippen molar-refractivity contribution in [1.82, 2.24) is 14.9 Å². The van der Waals surface area contributed by atoms with Crippen molar-refractivity contribution < 1.29 is 0 Å². The smallest absolute Gasteiger partial charge is 0.137 e. The van der Waals surface area contributed by atoms with Gasteiger partial charge in [0.05, 0.1) is 11.4 Å². The number of benzene rings is 2. The van der Waals surface area contributed by atoms with Crippen LogP contribution in [0.25, 0.3) is 11.4 Å². The highest BCUT2D eigenvalue weighted by atomic mass is 35.5. The second-order valence-electron chi connectivity index (χ2n) is 7.89. The zero-order valence-electron chi connectivity index (χ0n) is 16.9. The van der Waals surface area contributed by atoms with Crippen LogP contribution < -0.4 is 4.90 Å². The molecule has 0 radical (unpaired) electrons. The number of nitrogens with one attached hydrogen (secondary N) is 1. The van der Waals surface area contributed by atoms with E-state index in [2.05, 4.69) is 69.2 Å². The monoisotopic (exact) mass is 426 g/mol. The minimum Gasteiger partial charge on any atom is -0.342 e. The lowest BCUT2D eigenvalue weighted by Crippen LogP contribution is -2.40. The van der Waals surface area contributed by atoms with Crippen molar-refractivity contribution in [3.8, 4) is 11.4 Å². The third-order valence-corrected chi connectivity index (χ3v) is 6.83. The average molecular weight is 427 g/mol. The number of para-hydroxylation sites is 1. The lowest BCUT2D eigenvalue weighted by atomic mass is 10.1. The Morgan fingerprint density at radius 3 is 2.59 bits per heavy atom. The number of fused-ring (bicyclic) bond motifs is 2. The van der Waals surface area contributed by atoms with Crippen LogP contribution in [0.5, 0.6) is 0 Å². The highest BCUT2D eigenvalue weighted by Gasteiger charge is 2.29. The summed E-state index contributed by atoms with van der Waals surface area (Å²) in [4.78, 5) is 15.7. The SMILES string of the molecule is Cc1cnc(-c2ccc3c(c2)N([C@H](C)CN2CCCC2)c2ccccc2S3)[nH]1.Cl. The largest absolute Gasteiger partial charge is 0.342 e. The van der Waals surface area contributed by atoms with Crippen molar-refractivity contribution in [2.24, 2.45) is 0 Å². The van der Waals surface area contributed by atoms with E-state index in [-0.39, 0.29) is 12.4 Å². The molecule has 0 amide bonds. The van der Waals surface area contributed by atoms with Crippen molar-refractivity contribution in [1.29, 1.82) is 0 Å². The van der Waals surface area contributed by atoms with Crippen LogP contribution in [0, 0.1) is 6.92 Å². The number of nitrogens with zero attached hydrogens (tertiary/aromatic N) is 3. The molecular weight excluding hydrogens is 400 g/mol. The van der Waals surface area contributed by atoms with Gasteiger partial charge in [0.1, 0.15) is 5.82 Å². The van der Waals surface area contributed by atoms with Crippen molar-refractivity contribution in [3.05, 3.63) is 54.4 Å². The van der Waals surface area contributed by atoms with E-state index >= 15 is 0 Å². The number of rotatable bonds is 4. The predicted octanol–water partition coefficient (Wildman–Crippen LogP) is 5.89. The summed E-state index contributed by atoms with van der Waals surface area (Å²) in [5.74, 6) is 0.941.